The summed E-state index contributed by atoms with van der Waals surface area (Å²) in [6, 6.07) is 1.83. The van der Waals surface area contributed by atoms with Crippen LogP contribution in [-0.2, 0) is 11.0 Å². The summed E-state index contributed by atoms with van der Waals surface area (Å²) in [5, 5.41) is 25.7. The van der Waals surface area contributed by atoms with Crippen LogP contribution >= 0.6 is 0 Å². The number of aromatic hydroxyl groups is 1. The molecule has 0 heterocycles. The molecule has 0 amide bonds. The van der Waals surface area contributed by atoms with E-state index in [1.54, 1.807) is 0 Å². The molecule has 9 heteroatoms. The van der Waals surface area contributed by atoms with Gasteiger partial charge in [-0.05, 0) is 18.2 Å². The maximum atomic E-state index is 12.2. The number of phenolic OH excluding ortho intramolecular Hbond substituents is 1. The van der Waals surface area contributed by atoms with Crippen LogP contribution in [0.1, 0.15) is 5.56 Å². The maximum Gasteiger partial charge on any atom is 0.739 e. The predicted octanol–water partition coefficient (Wildman–Crippen LogP) is 1.26. The number of hydrogen-bond acceptors (Lipinski definition) is 5. The van der Waals surface area contributed by atoms with Crippen LogP contribution in [0.25, 0.3) is 0 Å². The fourth-order valence-corrected chi connectivity index (χ4v) is 0.915. The molecular formula is C7H6BF3O5. The molecule has 3 N–H and O–H groups in total. The lowest BCUT2D eigenvalue weighted by Gasteiger charge is -2.11. The average molecular weight is 238 g/mol. The molecule has 0 saturated heterocycles. The van der Waals surface area contributed by atoms with Crippen molar-refractivity contribution in [1.29, 1.82) is 0 Å². The van der Waals surface area contributed by atoms with Crippen molar-refractivity contribution in [1.82, 2.24) is 0 Å². The molecule has 0 aromatic heterocycles. The van der Waals surface area contributed by atoms with Gasteiger partial charge in [0.15, 0.2) is 5.75 Å². The Hall–Kier alpha value is -1.45. The lowest BCUT2D eigenvalue weighted by Crippen LogP contribution is -2.24. The molecule has 0 radical (unpaired) electrons. The molecule has 16 heavy (non-hydrogen) atoms. The minimum absolute atomic E-state index is 0.456. The number of phenols is 1. The van der Waals surface area contributed by atoms with Crippen LogP contribution in [0.4, 0.5) is 13.2 Å². The number of alkyl halides is 3. The lowest BCUT2D eigenvalue weighted by molar-refractivity contribution is -0.171. The molecular weight excluding hydrogens is 232 g/mol. The van der Waals surface area contributed by atoms with Gasteiger partial charge in [0.2, 0.25) is 0 Å². The molecule has 0 aliphatic rings. The van der Waals surface area contributed by atoms with E-state index < -0.39 is 30.6 Å². The van der Waals surface area contributed by atoms with E-state index in [0.717, 1.165) is 6.07 Å². The molecule has 0 aliphatic carbocycles. The van der Waals surface area contributed by atoms with Crippen LogP contribution in [0.15, 0.2) is 18.2 Å². The molecule has 88 valence electrons. The second-order valence-corrected chi connectivity index (χ2v) is 2.71. The Morgan fingerprint density at radius 1 is 1.25 bits per heavy atom. The van der Waals surface area contributed by atoms with Crippen molar-refractivity contribution in [2.75, 3.05) is 0 Å². The SMILES string of the molecule is OOB(O)Oc1cc(C(F)(F)F)ccc1O. The van der Waals surface area contributed by atoms with E-state index in [2.05, 4.69) is 9.46 Å². The zero-order valence-electron chi connectivity index (χ0n) is 7.60. The number of benzene rings is 1. The number of rotatable bonds is 3. The third-order valence-electron chi connectivity index (χ3n) is 1.61. The summed E-state index contributed by atoms with van der Waals surface area (Å²) in [5.41, 5.74) is -1.08. The summed E-state index contributed by atoms with van der Waals surface area (Å²) in [7, 11) is -2.19. The van der Waals surface area contributed by atoms with E-state index in [0.29, 0.717) is 12.1 Å². The van der Waals surface area contributed by atoms with Gasteiger partial charge in [-0.3, -0.25) is 5.26 Å². The van der Waals surface area contributed by atoms with Crippen molar-refractivity contribution < 1.29 is 38.0 Å². The molecule has 0 spiro atoms. The molecule has 0 fully saturated rings. The van der Waals surface area contributed by atoms with Crippen molar-refractivity contribution in [3.05, 3.63) is 23.8 Å². The number of hydrogen-bond donors (Lipinski definition) is 3. The fraction of sp³-hybridized carbons (Fsp3) is 0.143. The Kier molecular flexibility index (Phi) is 3.63. The van der Waals surface area contributed by atoms with E-state index in [4.69, 9.17) is 15.4 Å². The van der Waals surface area contributed by atoms with Gasteiger partial charge in [0.05, 0.1) is 5.56 Å². The first-order chi connectivity index (χ1) is 7.34. The van der Waals surface area contributed by atoms with Crippen molar-refractivity contribution in [3.63, 3.8) is 0 Å². The van der Waals surface area contributed by atoms with Crippen molar-refractivity contribution in [3.8, 4) is 11.5 Å². The average Bonchev–Trinajstić information content (AvgIpc) is 2.19. The Morgan fingerprint density at radius 3 is 2.38 bits per heavy atom. The molecule has 1 aromatic carbocycles. The minimum atomic E-state index is -4.61. The van der Waals surface area contributed by atoms with Gasteiger partial charge in [0, 0.05) is 0 Å². The maximum absolute atomic E-state index is 12.2. The smallest absolute Gasteiger partial charge is 0.507 e. The Morgan fingerprint density at radius 2 is 1.88 bits per heavy atom. The van der Waals surface area contributed by atoms with Crippen LogP contribution in [0.5, 0.6) is 11.5 Å². The van der Waals surface area contributed by atoms with Gasteiger partial charge in [0.1, 0.15) is 5.75 Å². The van der Waals surface area contributed by atoms with Crippen LogP contribution in [0.2, 0.25) is 0 Å². The standard InChI is InChI=1S/C7H6BF3O5/c9-7(10,11)4-1-2-5(12)6(3-4)15-8(13)16-14/h1-3,12-14H. The summed E-state index contributed by atoms with van der Waals surface area (Å²) in [6.07, 6.45) is -4.61. The summed E-state index contributed by atoms with van der Waals surface area (Å²) in [6.45, 7) is 0. The summed E-state index contributed by atoms with van der Waals surface area (Å²) >= 11 is 0. The van der Waals surface area contributed by atoms with Gasteiger partial charge in [-0.2, -0.15) is 13.2 Å². The molecule has 0 unspecified atom stereocenters. The topological polar surface area (TPSA) is 79.2 Å². The summed E-state index contributed by atoms with van der Waals surface area (Å²) in [5.74, 6) is -1.31. The fourth-order valence-electron chi connectivity index (χ4n) is 0.915. The molecule has 0 aliphatic heterocycles. The van der Waals surface area contributed by atoms with Gasteiger partial charge < -0.3 is 14.8 Å². The second kappa shape index (κ2) is 4.60. The van der Waals surface area contributed by atoms with Crippen LogP contribution in [-0.4, -0.2) is 22.7 Å². The molecule has 1 aromatic rings. The minimum Gasteiger partial charge on any atom is -0.507 e. The monoisotopic (exact) mass is 238 g/mol. The highest BCUT2D eigenvalue weighted by Crippen LogP contribution is 2.35. The highest BCUT2D eigenvalue weighted by atomic mass is 19.4. The quantitative estimate of drug-likeness (QED) is 0.419. The third-order valence-corrected chi connectivity index (χ3v) is 1.61. The van der Waals surface area contributed by atoms with Crippen LogP contribution in [0.3, 0.4) is 0 Å². The predicted molar refractivity (Wildman–Crippen MR) is 45.4 cm³/mol. The Balaban J connectivity index is 3.00. The van der Waals surface area contributed by atoms with Gasteiger partial charge >= 0.3 is 13.5 Å². The van der Waals surface area contributed by atoms with E-state index in [1.165, 1.54) is 0 Å². The normalized spacial score (nSPS) is 11.3. The first-order valence-corrected chi connectivity index (χ1v) is 3.89. The van der Waals surface area contributed by atoms with Gasteiger partial charge in [-0.15, -0.1) is 0 Å². The third kappa shape index (κ3) is 3.02. The van der Waals surface area contributed by atoms with E-state index in [-0.39, 0.29) is 0 Å². The summed E-state index contributed by atoms with van der Waals surface area (Å²) < 4.78 is 41.0. The highest BCUT2D eigenvalue weighted by Gasteiger charge is 2.32. The van der Waals surface area contributed by atoms with E-state index >= 15 is 0 Å². The Labute approximate surface area is 87.8 Å². The molecule has 1 rings (SSSR count). The molecule has 0 bridgehead atoms. The van der Waals surface area contributed by atoms with Crippen molar-refractivity contribution in [2.45, 2.75) is 6.18 Å². The van der Waals surface area contributed by atoms with Gasteiger partial charge in [-0.25, -0.2) is 4.81 Å². The molecule has 0 atom stereocenters. The number of halogens is 3. The molecule has 5 nitrogen and oxygen atoms in total. The van der Waals surface area contributed by atoms with Crippen molar-refractivity contribution >= 4 is 7.32 Å². The molecule has 0 saturated carbocycles. The van der Waals surface area contributed by atoms with E-state index in [9.17, 15) is 13.2 Å². The van der Waals surface area contributed by atoms with E-state index in [1.807, 2.05) is 0 Å². The summed E-state index contributed by atoms with van der Waals surface area (Å²) in [4.78, 5) is 3.28. The highest BCUT2D eigenvalue weighted by molar-refractivity contribution is 6.35. The van der Waals surface area contributed by atoms with Crippen LogP contribution < -0.4 is 4.65 Å². The van der Waals surface area contributed by atoms with Gasteiger partial charge in [-0.1, -0.05) is 0 Å². The van der Waals surface area contributed by atoms with Crippen molar-refractivity contribution in [2.24, 2.45) is 0 Å². The lowest BCUT2D eigenvalue weighted by atomic mass is 10.1. The first-order valence-electron chi connectivity index (χ1n) is 3.89. The van der Waals surface area contributed by atoms with Crippen LogP contribution in [0, 0.1) is 0 Å². The first kappa shape index (κ1) is 12.6. The Bertz CT molecular complexity index is 370. The second-order valence-electron chi connectivity index (χ2n) is 2.71. The van der Waals surface area contributed by atoms with Gasteiger partial charge in [0.25, 0.3) is 0 Å². The zero-order chi connectivity index (χ0) is 12.3. The zero-order valence-corrected chi connectivity index (χ0v) is 7.60. The largest absolute Gasteiger partial charge is 0.739 e.